The maximum absolute atomic E-state index is 4.27. The summed E-state index contributed by atoms with van der Waals surface area (Å²) in [5, 5.41) is 4.27. The third kappa shape index (κ3) is 1.88. The predicted molar refractivity (Wildman–Crippen MR) is 56.4 cm³/mol. The van der Waals surface area contributed by atoms with E-state index in [0.717, 1.165) is 11.4 Å². The molecule has 0 aliphatic carbocycles. The van der Waals surface area contributed by atoms with Crippen LogP contribution in [-0.2, 0) is 0 Å². The Balaban J connectivity index is 2.20. The third-order valence-electron chi connectivity index (χ3n) is 1.93. The van der Waals surface area contributed by atoms with E-state index in [2.05, 4.69) is 10.1 Å². The van der Waals surface area contributed by atoms with Crippen molar-refractivity contribution in [1.82, 2.24) is 9.66 Å². The highest BCUT2D eigenvalue weighted by Crippen LogP contribution is 1.97. The van der Waals surface area contributed by atoms with Crippen molar-refractivity contribution in [3.8, 4) is 0 Å². The first-order valence-corrected chi connectivity index (χ1v) is 4.45. The van der Waals surface area contributed by atoms with E-state index in [9.17, 15) is 0 Å². The summed E-state index contributed by atoms with van der Waals surface area (Å²) in [4.78, 5) is 4.08. The molecule has 0 radical (unpaired) electrons. The molecule has 70 valence electrons. The smallest absolute Gasteiger partial charge is 0.126 e. The summed E-state index contributed by atoms with van der Waals surface area (Å²) < 4.78 is 1.74. The Labute approximate surface area is 82.7 Å². The van der Waals surface area contributed by atoms with E-state index in [1.807, 2.05) is 49.7 Å². The van der Waals surface area contributed by atoms with Gasteiger partial charge < -0.3 is 0 Å². The van der Waals surface area contributed by atoms with Crippen LogP contribution in [0.4, 0.5) is 0 Å². The molecule has 0 bridgehead atoms. The number of hydrogen-bond acceptors (Lipinski definition) is 2. The van der Waals surface area contributed by atoms with Crippen molar-refractivity contribution >= 4 is 6.21 Å². The summed E-state index contributed by atoms with van der Waals surface area (Å²) in [6.45, 7) is 1.92. The van der Waals surface area contributed by atoms with Crippen LogP contribution in [-0.4, -0.2) is 15.9 Å². The lowest BCUT2D eigenvalue weighted by Gasteiger charge is -1.94. The minimum Gasteiger partial charge on any atom is -0.240 e. The van der Waals surface area contributed by atoms with Gasteiger partial charge in [0.2, 0.25) is 0 Å². The van der Waals surface area contributed by atoms with Gasteiger partial charge in [0.15, 0.2) is 0 Å². The zero-order valence-electron chi connectivity index (χ0n) is 7.96. The second kappa shape index (κ2) is 3.87. The zero-order chi connectivity index (χ0) is 9.80. The maximum Gasteiger partial charge on any atom is 0.126 e. The lowest BCUT2D eigenvalue weighted by atomic mass is 10.2. The first-order valence-electron chi connectivity index (χ1n) is 4.45. The number of aryl methyl sites for hydroxylation is 1. The Morgan fingerprint density at radius 3 is 2.71 bits per heavy atom. The molecule has 1 aromatic carbocycles. The standard InChI is InChI=1S/C11H11N3/c1-10-12-7-8-14(10)13-9-11-5-3-2-4-6-11/h2-9H,1H3. The number of hydrogen-bond donors (Lipinski definition) is 0. The summed E-state index contributed by atoms with van der Waals surface area (Å²) in [6, 6.07) is 9.98. The van der Waals surface area contributed by atoms with Gasteiger partial charge in [-0.25, -0.2) is 9.66 Å². The highest BCUT2D eigenvalue weighted by atomic mass is 15.4. The van der Waals surface area contributed by atoms with E-state index in [4.69, 9.17) is 0 Å². The molecule has 0 saturated heterocycles. The van der Waals surface area contributed by atoms with Crippen LogP contribution >= 0.6 is 0 Å². The van der Waals surface area contributed by atoms with Crippen LogP contribution < -0.4 is 0 Å². The van der Waals surface area contributed by atoms with Crippen LogP contribution in [0.5, 0.6) is 0 Å². The summed E-state index contributed by atoms with van der Waals surface area (Å²) >= 11 is 0. The van der Waals surface area contributed by atoms with Gasteiger partial charge in [0.1, 0.15) is 5.82 Å². The molecule has 0 atom stereocenters. The molecule has 2 rings (SSSR count). The molecule has 0 unspecified atom stereocenters. The van der Waals surface area contributed by atoms with E-state index in [1.165, 1.54) is 0 Å². The molecule has 2 aromatic rings. The van der Waals surface area contributed by atoms with Crippen LogP contribution in [0.25, 0.3) is 0 Å². The van der Waals surface area contributed by atoms with Gasteiger partial charge in [-0.1, -0.05) is 30.3 Å². The highest BCUT2D eigenvalue weighted by molar-refractivity contribution is 5.79. The molecular formula is C11H11N3. The van der Waals surface area contributed by atoms with E-state index in [0.29, 0.717) is 0 Å². The molecule has 0 fully saturated rings. The first-order chi connectivity index (χ1) is 6.86. The topological polar surface area (TPSA) is 30.2 Å². The molecule has 0 amide bonds. The predicted octanol–water partition coefficient (Wildman–Crippen LogP) is 2.07. The van der Waals surface area contributed by atoms with Crippen LogP contribution in [0.15, 0.2) is 47.8 Å². The molecule has 0 spiro atoms. The molecule has 0 aliphatic rings. The average molecular weight is 185 g/mol. The number of aromatic nitrogens is 2. The molecule has 0 N–H and O–H groups in total. The molecule has 3 heteroatoms. The Hall–Kier alpha value is -1.90. The van der Waals surface area contributed by atoms with Crippen molar-refractivity contribution in [2.75, 3.05) is 0 Å². The maximum atomic E-state index is 4.27. The van der Waals surface area contributed by atoms with Gasteiger partial charge in [-0.2, -0.15) is 5.10 Å². The Morgan fingerprint density at radius 2 is 2.07 bits per heavy atom. The summed E-state index contributed by atoms with van der Waals surface area (Å²) in [5.74, 6) is 0.886. The van der Waals surface area contributed by atoms with Crippen molar-refractivity contribution in [3.63, 3.8) is 0 Å². The van der Waals surface area contributed by atoms with E-state index in [-0.39, 0.29) is 0 Å². The largest absolute Gasteiger partial charge is 0.240 e. The van der Waals surface area contributed by atoms with Crippen molar-refractivity contribution in [2.45, 2.75) is 6.92 Å². The fraction of sp³-hybridized carbons (Fsp3) is 0.0909. The van der Waals surface area contributed by atoms with Gasteiger partial charge in [-0.15, -0.1) is 0 Å². The Bertz CT molecular complexity index is 429. The van der Waals surface area contributed by atoms with Crippen LogP contribution in [0.2, 0.25) is 0 Å². The minimum absolute atomic E-state index is 0.886. The van der Waals surface area contributed by atoms with E-state index >= 15 is 0 Å². The number of nitrogens with zero attached hydrogens (tertiary/aromatic N) is 3. The van der Waals surface area contributed by atoms with Crippen LogP contribution in [0.1, 0.15) is 11.4 Å². The monoisotopic (exact) mass is 185 g/mol. The molecule has 3 nitrogen and oxygen atoms in total. The van der Waals surface area contributed by atoms with Gasteiger partial charge in [0.05, 0.1) is 6.21 Å². The Kier molecular flexibility index (Phi) is 2.40. The minimum atomic E-state index is 0.886. The third-order valence-corrected chi connectivity index (χ3v) is 1.93. The number of rotatable bonds is 2. The lowest BCUT2D eigenvalue weighted by molar-refractivity contribution is 0.832. The summed E-state index contributed by atoms with van der Waals surface area (Å²) in [5.41, 5.74) is 1.08. The van der Waals surface area contributed by atoms with E-state index < -0.39 is 0 Å². The lowest BCUT2D eigenvalue weighted by Crippen LogP contribution is -1.91. The Morgan fingerprint density at radius 1 is 1.29 bits per heavy atom. The molecule has 0 saturated carbocycles. The zero-order valence-corrected chi connectivity index (χ0v) is 7.96. The highest BCUT2D eigenvalue weighted by Gasteiger charge is 1.91. The van der Waals surface area contributed by atoms with Crippen molar-refractivity contribution in [3.05, 3.63) is 54.1 Å². The fourth-order valence-electron chi connectivity index (χ4n) is 1.16. The van der Waals surface area contributed by atoms with Gasteiger partial charge in [-0.3, -0.25) is 0 Å². The summed E-state index contributed by atoms with van der Waals surface area (Å²) in [7, 11) is 0. The second-order valence-electron chi connectivity index (χ2n) is 2.97. The van der Waals surface area contributed by atoms with Crippen molar-refractivity contribution in [1.29, 1.82) is 0 Å². The normalized spacial score (nSPS) is 10.9. The molecule has 14 heavy (non-hydrogen) atoms. The number of benzene rings is 1. The summed E-state index contributed by atoms with van der Waals surface area (Å²) in [6.07, 6.45) is 5.38. The molecule has 1 aromatic heterocycles. The van der Waals surface area contributed by atoms with Gasteiger partial charge in [0, 0.05) is 12.4 Å². The second-order valence-corrected chi connectivity index (χ2v) is 2.97. The van der Waals surface area contributed by atoms with Crippen LogP contribution in [0, 0.1) is 6.92 Å². The molecule has 0 aliphatic heterocycles. The quantitative estimate of drug-likeness (QED) is 0.659. The fourth-order valence-corrected chi connectivity index (χ4v) is 1.16. The van der Waals surface area contributed by atoms with Gasteiger partial charge in [0.25, 0.3) is 0 Å². The SMILES string of the molecule is Cc1nccn1N=Cc1ccccc1. The molecular weight excluding hydrogens is 174 g/mol. The van der Waals surface area contributed by atoms with E-state index in [1.54, 1.807) is 10.9 Å². The van der Waals surface area contributed by atoms with Gasteiger partial charge >= 0.3 is 0 Å². The first kappa shape index (κ1) is 8.69. The van der Waals surface area contributed by atoms with Crippen molar-refractivity contribution < 1.29 is 0 Å². The van der Waals surface area contributed by atoms with Crippen LogP contribution in [0.3, 0.4) is 0 Å². The molecule has 1 heterocycles. The van der Waals surface area contributed by atoms with Crippen molar-refractivity contribution in [2.24, 2.45) is 5.10 Å². The average Bonchev–Trinajstić information content (AvgIpc) is 2.63. The van der Waals surface area contributed by atoms with Gasteiger partial charge in [-0.05, 0) is 12.5 Å². The number of imidazole rings is 1.